The highest BCUT2D eigenvalue weighted by Crippen LogP contribution is 2.33. The number of fused-ring (bicyclic) bond motifs is 1. The van der Waals surface area contributed by atoms with E-state index in [-0.39, 0.29) is 18.2 Å². The third-order valence-corrected chi connectivity index (χ3v) is 6.70. The first kappa shape index (κ1) is 27.2. The van der Waals surface area contributed by atoms with Crippen LogP contribution in [0.2, 0.25) is 0 Å². The lowest BCUT2D eigenvalue weighted by Crippen LogP contribution is -2.51. The highest BCUT2D eigenvalue weighted by atomic mass is 16.3. The molecule has 0 fully saturated rings. The number of anilines is 1. The molecular formula is C31H37N3O4. The van der Waals surface area contributed by atoms with Gasteiger partial charge in [0.15, 0.2) is 5.76 Å². The molecule has 7 nitrogen and oxygen atoms in total. The van der Waals surface area contributed by atoms with Crippen molar-refractivity contribution in [2.45, 2.75) is 71.4 Å². The second kappa shape index (κ2) is 11.3. The first-order chi connectivity index (χ1) is 18.0. The van der Waals surface area contributed by atoms with Crippen molar-refractivity contribution in [3.8, 4) is 0 Å². The van der Waals surface area contributed by atoms with E-state index in [0.717, 1.165) is 24.8 Å². The number of nitrogens with zero attached hydrogens (tertiary/aromatic N) is 1. The lowest BCUT2D eigenvalue weighted by molar-refractivity contribution is -0.127. The smallest absolute Gasteiger partial charge is 0.287 e. The van der Waals surface area contributed by atoms with E-state index in [4.69, 9.17) is 4.42 Å². The zero-order chi connectivity index (χ0) is 27.4. The SMILES string of the molecule is CC(C)c1ccc(C(C(=O)NC(C)(C)C)N(C(=O)CNC(=O)c2ccco2)c2ccc3c(c2)CCC3)cc1. The molecule has 1 unspecified atom stereocenters. The molecule has 0 aliphatic heterocycles. The molecular weight excluding hydrogens is 478 g/mol. The van der Waals surface area contributed by atoms with Gasteiger partial charge in [-0.3, -0.25) is 19.3 Å². The van der Waals surface area contributed by atoms with Crippen LogP contribution in [0.5, 0.6) is 0 Å². The summed E-state index contributed by atoms with van der Waals surface area (Å²) in [6.45, 7) is 9.67. The molecule has 1 aromatic heterocycles. The number of rotatable bonds is 8. The van der Waals surface area contributed by atoms with Gasteiger partial charge in [0.2, 0.25) is 11.8 Å². The molecule has 1 atom stereocenters. The molecule has 38 heavy (non-hydrogen) atoms. The third-order valence-electron chi connectivity index (χ3n) is 6.70. The maximum Gasteiger partial charge on any atom is 0.287 e. The third kappa shape index (κ3) is 6.33. The van der Waals surface area contributed by atoms with E-state index in [1.807, 2.05) is 63.2 Å². The van der Waals surface area contributed by atoms with Crippen molar-refractivity contribution in [1.29, 1.82) is 0 Å². The van der Waals surface area contributed by atoms with Crippen LogP contribution in [0.25, 0.3) is 0 Å². The van der Waals surface area contributed by atoms with E-state index in [1.54, 1.807) is 6.07 Å². The fourth-order valence-electron chi connectivity index (χ4n) is 4.80. The fourth-order valence-corrected chi connectivity index (χ4v) is 4.80. The molecule has 1 heterocycles. The van der Waals surface area contributed by atoms with E-state index < -0.39 is 23.4 Å². The Morgan fingerprint density at radius 3 is 2.26 bits per heavy atom. The van der Waals surface area contributed by atoms with Crippen LogP contribution in [0.15, 0.2) is 65.3 Å². The van der Waals surface area contributed by atoms with E-state index in [0.29, 0.717) is 17.2 Å². The molecule has 0 saturated heterocycles. The minimum absolute atomic E-state index is 0.119. The first-order valence-corrected chi connectivity index (χ1v) is 13.2. The minimum atomic E-state index is -0.928. The summed E-state index contributed by atoms with van der Waals surface area (Å²) in [5, 5.41) is 5.71. The van der Waals surface area contributed by atoms with Gasteiger partial charge in [-0.25, -0.2) is 0 Å². The maximum absolute atomic E-state index is 13.9. The number of hydrogen-bond acceptors (Lipinski definition) is 4. The normalized spacial score (nSPS) is 13.6. The van der Waals surface area contributed by atoms with Crippen LogP contribution in [-0.4, -0.2) is 29.8 Å². The summed E-state index contributed by atoms with van der Waals surface area (Å²) >= 11 is 0. The molecule has 2 N–H and O–H groups in total. The number of furan rings is 1. The lowest BCUT2D eigenvalue weighted by atomic mass is 9.96. The van der Waals surface area contributed by atoms with Gasteiger partial charge in [-0.15, -0.1) is 0 Å². The fraction of sp³-hybridized carbons (Fsp3) is 0.387. The Kier molecular flexibility index (Phi) is 8.05. The van der Waals surface area contributed by atoms with Crippen LogP contribution < -0.4 is 15.5 Å². The highest BCUT2D eigenvalue weighted by Gasteiger charge is 2.35. The van der Waals surface area contributed by atoms with Gasteiger partial charge in [-0.05, 0) is 92.5 Å². The van der Waals surface area contributed by atoms with Crippen molar-refractivity contribution in [2.75, 3.05) is 11.4 Å². The Balaban J connectivity index is 1.75. The standard InChI is InChI=1S/C31H37N3O4/c1-20(2)21-11-13-23(14-12-21)28(30(37)33-31(3,4)5)34(25-16-15-22-8-6-9-24(22)18-25)27(35)19-32-29(36)26-10-7-17-38-26/h7,10-18,20,28H,6,8-9,19H2,1-5H3,(H,32,36)(H,33,37). The van der Waals surface area contributed by atoms with Crippen molar-refractivity contribution in [2.24, 2.45) is 0 Å². The summed E-state index contributed by atoms with van der Waals surface area (Å²) in [5.74, 6) is -0.731. The second-order valence-electron chi connectivity index (χ2n) is 11.2. The number of amides is 3. The van der Waals surface area contributed by atoms with Crippen LogP contribution in [0, 0.1) is 0 Å². The molecule has 1 aliphatic carbocycles. The Labute approximate surface area is 224 Å². The van der Waals surface area contributed by atoms with Crippen molar-refractivity contribution >= 4 is 23.4 Å². The maximum atomic E-state index is 13.9. The average Bonchev–Trinajstić information content (AvgIpc) is 3.56. The number of carbonyl (C=O) groups excluding carboxylic acids is 3. The van der Waals surface area contributed by atoms with Gasteiger partial charge in [0, 0.05) is 11.2 Å². The predicted octanol–water partition coefficient (Wildman–Crippen LogP) is 5.31. The zero-order valence-electron chi connectivity index (χ0n) is 22.8. The summed E-state index contributed by atoms with van der Waals surface area (Å²) in [6, 6.07) is 16.0. The Bertz CT molecular complexity index is 1290. The quantitative estimate of drug-likeness (QED) is 0.425. The molecule has 0 saturated carbocycles. The molecule has 7 heteroatoms. The summed E-state index contributed by atoms with van der Waals surface area (Å²) < 4.78 is 5.16. The van der Waals surface area contributed by atoms with Crippen LogP contribution in [0.3, 0.4) is 0 Å². The van der Waals surface area contributed by atoms with Crippen LogP contribution in [-0.2, 0) is 22.4 Å². The number of hydrogen-bond donors (Lipinski definition) is 2. The van der Waals surface area contributed by atoms with E-state index in [9.17, 15) is 14.4 Å². The molecule has 0 bridgehead atoms. The highest BCUT2D eigenvalue weighted by molar-refractivity contribution is 6.04. The van der Waals surface area contributed by atoms with Gasteiger partial charge in [0.25, 0.3) is 5.91 Å². The molecule has 3 amide bonds. The predicted molar refractivity (Wildman–Crippen MR) is 148 cm³/mol. The monoisotopic (exact) mass is 515 g/mol. The van der Waals surface area contributed by atoms with Gasteiger partial charge in [-0.2, -0.15) is 0 Å². The molecule has 2 aromatic carbocycles. The number of nitrogens with one attached hydrogen (secondary N) is 2. The second-order valence-corrected chi connectivity index (χ2v) is 11.2. The molecule has 200 valence electrons. The molecule has 0 spiro atoms. The topological polar surface area (TPSA) is 91.7 Å². The Morgan fingerprint density at radius 2 is 1.63 bits per heavy atom. The lowest BCUT2D eigenvalue weighted by Gasteiger charge is -2.34. The van der Waals surface area contributed by atoms with Gasteiger partial charge in [0.05, 0.1) is 12.8 Å². The summed E-state index contributed by atoms with van der Waals surface area (Å²) in [7, 11) is 0. The van der Waals surface area contributed by atoms with E-state index >= 15 is 0 Å². The molecule has 4 rings (SSSR count). The van der Waals surface area contributed by atoms with Crippen molar-refractivity contribution in [3.05, 3.63) is 88.9 Å². The average molecular weight is 516 g/mol. The number of benzene rings is 2. The van der Waals surface area contributed by atoms with Gasteiger partial charge in [-0.1, -0.05) is 44.2 Å². The van der Waals surface area contributed by atoms with E-state index in [1.165, 1.54) is 28.4 Å². The van der Waals surface area contributed by atoms with Gasteiger partial charge >= 0.3 is 0 Å². The first-order valence-electron chi connectivity index (χ1n) is 13.2. The minimum Gasteiger partial charge on any atom is -0.459 e. The van der Waals surface area contributed by atoms with Gasteiger partial charge < -0.3 is 15.1 Å². The van der Waals surface area contributed by atoms with Gasteiger partial charge in [0.1, 0.15) is 6.04 Å². The molecule has 0 radical (unpaired) electrons. The summed E-state index contributed by atoms with van der Waals surface area (Å²) in [6.07, 6.45) is 4.41. The van der Waals surface area contributed by atoms with Crippen molar-refractivity contribution in [1.82, 2.24) is 10.6 Å². The summed E-state index contributed by atoms with van der Waals surface area (Å²) in [4.78, 5) is 41.8. The molecule has 3 aromatic rings. The van der Waals surface area contributed by atoms with Crippen LogP contribution in [0.1, 0.15) is 85.8 Å². The zero-order valence-corrected chi connectivity index (χ0v) is 22.8. The van der Waals surface area contributed by atoms with Crippen molar-refractivity contribution in [3.63, 3.8) is 0 Å². The number of aryl methyl sites for hydroxylation is 2. The Morgan fingerprint density at radius 1 is 0.947 bits per heavy atom. The van der Waals surface area contributed by atoms with Crippen LogP contribution >= 0.6 is 0 Å². The van der Waals surface area contributed by atoms with E-state index in [2.05, 4.69) is 24.5 Å². The van der Waals surface area contributed by atoms with Crippen LogP contribution in [0.4, 0.5) is 5.69 Å². The largest absolute Gasteiger partial charge is 0.459 e. The Hall–Kier alpha value is -3.87. The summed E-state index contributed by atoms with van der Waals surface area (Å²) in [5.41, 5.74) is 4.42. The number of carbonyl (C=O) groups is 3. The van der Waals surface area contributed by atoms with Crippen molar-refractivity contribution < 1.29 is 18.8 Å². The molecule has 1 aliphatic rings.